The van der Waals surface area contributed by atoms with E-state index in [9.17, 15) is 5.11 Å². The molecule has 0 atom stereocenters. The molecule has 1 heteroatoms. The summed E-state index contributed by atoms with van der Waals surface area (Å²) in [5.41, 5.74) is 0.814. The van der Waals surface area contributed by atoms with Crippen LogP contribution in [0.25, 0.3) is 0 Å². The Kier molecular flexibility index (Phi) is 3.84. The van der Waals surface area contributed by atoms with Crippen molar-refractivity contribution in [3.63, 3.8) is 0 Å². The predicted octanol–water partition coefficient (Wildman–Crippen LogP) is 5.17. The average Bonchev–Trinajstić information content (AvgIpc) is 2.39. The second-order valence-corrected chi connectivity index (χ2v) is 9.43. The molecule has 0 heterocycles. The Labute approximate surface area is 130 Å². The molecule has 4 saturated carbocycles. The Balaban J connectivity index is 1.21. The Morgan fingerprint density at radius 1 is 0.619 bits per heavy atom. The standard InChI is InChI=1S/C20H34O/c1-14-2-4-15(5-3-14)17-10-20(11-17)12-18(13-20)16-6-8-19(21)9-7-16/h14-19,21H,2-13H2,1H3. The van der Waals surface area contributed by atoms with Crippen LogP contribution in [0.15, 0.2) is 0 Å². The van der Waals surface area contributed by atoms with Gasteiger partial charge in [-0.05, 0) is 99.2 Å². The fourth-order valence-electron chi connectivity index (χ4n) is 6.44. The fraction of sp³-hybridized carbons (Fsp3) is 1.00. The molecule has 0 amide bonds. The van der Waals surface area contributed by atoms with Crippen LogP contribution in [0.2, 0.25) is 0 Å². The van der Waals surface area contributed by atoms with Gasteiger partial charge in [0.05, 0.1) is 6.10 Å². The maximum absolute atomic E-state index is 9.66. The lowest BCUT2D eigenvalue weighted by Gasteiger charge is -2.62. The van der Waals surface area contributed by atoms with Gasteiger partial charge in [-0.2, -0.15) is 0 Å². The van der Waals surface area contributed by atoms with Crippen LogP contribution in [-0.2, 0) is 0 Å². The molecule has 0 aromatic heterocycles. The molecule has 4 rings (SSSR count). The Hall–Kier alpha value is -0.0400. The minimum Gasteiger partial charge on any atom is -0.393 e. The Bertz CT molecular complexity index is 309. The molecule has 21 heavy (non-hydrogen) atoms. The van der Waals surface area contributed by atoms with Crippen LogP contribution in [0.1, 0.15) is 84.0 Å². The summed E-state index contributed by atoms with van der Waals surface area (Å²) in [6.45, 7) is 2.44. The number of rotatable bonds is 2. The van der Waals surface area contributed by atoms with E-state index in [4.69, 9.17) is 0 Å². The van der Waals surface area contributed by atoms with Crippen LogP contribution < -0.4 is 0 Å². The second kappa shape index (κ2) is 5.55. The van der Waals surface area contributed by atoms with Gasteiger partial charge in [0, 0.05) is 0 Å². The van der Waals surface area contributed by atoms with Gasteiger partial charge in [0.15, 0.2) is 0 Å². The molecule has 1 N–H and O–H groups in total. The third kappa shape index (κ3) is 2.80. The van der Waals surface area contributed by atoms with E-state index in [0.29, 0.717) is 0 Å². The summed E-state index contributed by atoms with van der Waals surface area (Å²) in [6.07, 6.45) is 17.1. The van der Waals surface area contributed by atoms with E-state index in [0.717, 1.165) is 47.8 Å². The van der Waals surface area contributed by atoms with Gasteiger partial charge in [-0.15, -0.1) is 0 Å². The van der Waals surface area contributed by atoms with Gasteiger partial charge in [-0.1, -0.05) is 19.8 Å². The van der Waals surface area contributed by atoms with Crippen LogP contribution in [0.5, 0.6) is 0 Å². The molecular formula is C20H34O. The quantitative estimate of drug-likeness (QED) is 0.744. The lowest BCUT2D eigenvalue weighted by Crippen LogP contribution is -2.51. The zero-order valence-corrected chi connectivity index (χ0v) is 13.9. The van der Waals surface area contributed by atoms with E-state index >= 15 is 0 Å². The van der Waals surface area contributed by atoms with Crippen molar-refractivity contribution >= 4 is 0 Å². The molecule has 0 bridgehead atoms. The molecule has 4 fully saturated rings. The van der Waals surface area contributed by atoms with Gasteiger partial charge >= 0.3 is 0 Å². The monoisotopic (exact) mass is 290 g/mol. The molecule has 120 valence electrons. The molecule has 0 aliphatic heterocycles. The number of hydrogen-bond acceptors (Lipinski definition) is 1. The molecule has 0 unspecified atom stereocenters. The van der Waals surface area contributed by atoms with Crippen molar-refractivity contribution in [2.24, 2.45) is 35.0 Å². The first-order chi connectivity index (χ1) is 10.1. The highest BCUT2D eigenvalue weighted by atomic mass is 16.3. The molecule has 0 aromatic rings. The summed E-state index contributed by atoms with van der Waals surface area (Å²) in [4.78, 5) is 0. The summed E-state index contributed by atoms with van der Waals surface area (Å²) in [5, 5.41) is 9.66. The molecule has 1 nitrogen and oxygen atoms in total. The van der Waals surface area contributed by atoms with E-state index in [2.05, 4.69) is 6.92 Å². The third-order valence-electron chi connectivity index (χ3n) is 7.92. The molecule has 0 radical (unpaired) electrons. The zero-order chi connectivity index (χ0) is 14.4. The summed E-state index contributed by atoms with van der Waals surface area (Å²) in [5.74, 6) is 5.20. The van der Waals surface area contributed by atoms with Crippen LogP contribution in [-0.4, -0.2) is 11.2 Å². The van der Waals surface area contributed by atoms with Crippen LogP contribution in [0, 0.1) is 35.0 Å². The zero-order valence-electron chi connectivity index (χ0n) is 13.9. The first-order valence-corrected chi connectivity index (χ1v) is 9.82. The smallest absolute Gasteiger partial charge is 0.0540 e. The van der Waals surface area contributed by atoms with Crippen LogP contribution in [0.3, 0.4) is 0 Å². The minimum absolute atomic E-state index is 0.0251. The molecule has 1 spiro atoms. The Morgan fingerprint density at radius 2 is 1.05 bits per heavy atom. The van der Waals surface area contributed by atoms with E-state index < -0.39 is 0 Å². The molecular weight excluding hydrogens is 256 g/mol. The highest BCUT2D eigenvalue weighted by Crippen LogP contribution is 2.66. The largest absolute Gasteiger partial charge is 0.393 e. The number of aliphatic hydroxyl groups excluding tert-OH is 1. The van der Waals surface area contributed by atoms with Gasteiger partial charge in [0.25, 0.3) is 0 Å². The second-order valence-electron chi connectivity index (χ2n) is 9.43. The maximum atomic E-state index is 9.66. The van der Waals surface area contributed by atoms with E-state index in [-0.39, 0.29) is 6.10 Å². The van der Waals surface area contributed by atoms with Crippen molar-refractivity contribution in [2.45, 2.75) is 90.1 Å². The van der Waals surface area contributed by atoms with E-state index in [1.807, 2.05) is 0 Å². The first-order valence-electron chi connectivity index (χ1n) is 9.82. The Morgan fingerprint density at radius 3 is 1.52 bits per heavy atom. The van der Waals surface area contributed by atoms with Crippen molar-refractivity contribution < 1.29 is 5.11 Å². The minimum atomic E-state index is 0.0251. The summed E-state index contributed by atoms with van der Waals surface area (Å²) in [6, 6.07) is 0. The first kappa shape index (κ1) is 14.5. The van der Waals surface area contributed by atoms with Gasteiger partial charge in [-0.25, -0.2) is 0 Å². The van der Waals surface area contributed by atoms with Crippen molar-refractivity contribution in [3.8, 4) is 0 Å². The van der Waals surface area contributed by atoms with Crippen molar-refractivity contribution in [1.29, 1.82) is 0 Å². The van der Waals surface area contributed by atoms with Crippen molar-refractivity contribution in [2.75, 3.05) is 0 Å². The van der Waals surface area contributed by atoms with Gasteiger partial charge in [0.2, 0.25) is 0 Å². The lowest BCUT2D eigenvalue weighted by molar-refractivity contribution is -0.115. The topological polar surface area (TPSA) is 20.2 Å². The molecule has 4 aliphatic rings. The highest BCUT2D eigenvalue weighted by Gasteiger charge is 2.55. The SMILES string of the molecule is CC1CCC(C2CC3(C2)CC(C2CCC(O)CC2)C3)CC1. The molecule has 4 aliphatic carbocycles. The van der Waals surface area contributed by atoms with Gasteiger partial charge < -0.3 is 5.11 Å². The van der Waals surface area contributed by atoms with Crippen molar-refractivity contribution in [1.82, 2.24) is 0 Å². The van der Waals surface area contributed by atoms with Crippen LogP contribution >= 0.6 is 0 Å². The predicted molar refractivity (Wildman–Crippen MR) is 87.0 cm³/mol. The van der Waals surface area contributed by atoms with E-state index in [1.54, 1.807) is 25.7 Å². The number of hydrogen-bond donors (Lipinski definition) is 1. The number of aliphatic hydroxyl groups is 1. The highest BCUT2D eigenvalue weighted by molar-refractivity contribution is 5.06. The summed E-state index contributed by atoms with van der Waals surface area (Å²) in [7, 11) is 0. The maximum Gasteiger partial charge on any atom is 0.0540 e. The summed E-state index contributed by atoms with van der Waals surface area (Å²) < 4.78 is 0. The van der Waals surface area contributed by atoms with Crippen molar-refractivity contribution in [3.05, 3.63) is 0 Å². The average molecular weight is 290 g/mol. The molecule has 0 saturated heterocycles. The lowest BCUT2D eigenvalue weighted by atomic mass is 9.43. The van der Waals surface area contributed by atoms with Crippen LogP contribution in [0.4, 0.5) is 0 Å². The van der Waals surface area contributed by atoms with Gasteiger partial charge in [-0.3, -0.25) is 0 Å². The molecule has 0 aromatic carbocycles. The third-order valence-corrected chi connectivity index (χ3v) is 7.92. The van der Waals surface area contributed by atoms with Gasteiger partial charge in [0.1, 0.15) is 0 Å². The van der Waals surface area contributed by atoms with E-state index in [1.165, 1.54) is 38.5 Å². The fourth-order valence-corrected chi connectivity index (χ4v) is 6.44. The summed E-state index contributed by atoms with van der Waals surface area (Å²) >= 11 is 0. The normalized spacial score (nSPS) is 54.0.